The number of benzene rings is 6. The zero-order valence-electron chi connectivity index (χ0n) is 23.2. The molecule has 0 nitrogen and oxygen atoms in total. The van der Waals surface area contributed by atoms with E-state index >= 15 is 0 Å². The molecule has 0 aliphatic heterocycles. The van der Waals surface area contributed by atoms with Gasteiger partial charge in [-0.2, -0.15) is 0 Å². The van der Waals surface area contributed by atoms with Crippen molar-refractivity contribution >= 4 is 33.6 Å². The molecule has 0 bridgehead atoms. The number of rotatable bonds is 8. The Kier molecular flexibility index (Phi) is 8.98. The molecule has 0 aliphatic rings. The van der Waals surface area contributed by atoms with Gasteiger partial charge in [-0.15, -0.1) is 0 Å². The Morgan fingerprint density at radius 1 is 0.349 bits per heavy atom. The SMILES string of the molecule is Cc1ccc([S+](c2ccc(F)cc2)c2ccc(Sc3ccc([S+](c4ccc(F)cc4)c4ccc(F)cc4)cc3)cc2)cc1. The molecule has 6 aromatic carbocycles. The van der Waals surface area contributed by atoms with Crippen LogP contribution < -0.4 is 0 Å². The molecule has 0 radical (unpaired) electrons. The van der Waals surface area contributed by atoms with Crippen LogP contribution in [0.1, 0.15) is 5.56 Å². The van der Waals surface area contributed by atoms with Gasteiger partial charge in [-0.3, -0.25) is 0 Å². The second-order valence-corrected chi connectivity index (χ2v) is 15.0. The maximum atomic E-state index is 13.7. The van der Waals surface area contributed by atoms with Crippen molar-refractivity contribution in [3.8, 4) is 0 Å². The lowest BCUT2D eigenvalue weighted by molar-refractivity contribution is 0.626. The fraction of sp³-hybridized carbons (Fsp3) is 0.0270. The predicted octanol–water partition coefficient (Wildman–Crippen LogP) is 10.8. The van der Waals surface area contributed by atoms with E-state index in [0.717, 1.165) is 34.3 Å². The Balaban J connectivity index is 1.24. The third-order valence-electron chi connectivity index (χ3n) is 6.76. The Hall–Kier alpha value is -3.84. The standard InChI is InChI=1S/C37H27F3S3/c1-26-2-14-32(15-3-26)42(33-16-4-27(38)5-17-33)36-22-10-30(11-23-36)41-31-12-24-37(25-13-31)43(34-18-6-28(39)7-19-34)35-20-8-29(40)9-21-35/h2-25H,1H3/q+2. The summed E-state index contributed by atoms with van der Waals surface area (Å²) in [6.45, 7) is 2.07. The minimum absolute atomic E-state index is 0.240. The number of hydrogen-bond acceptors (Lipinski definition) is 1. The van der Waals surface area contributed by atoms with Crippen molar-refractivity contribution in [1.82, 2.24) is 0 Å². The monoisotopic (exact) mass is 624 g/mol. The maximum absolute atomic E-state index is 13.7. The van der Waals surface area contributed by atoms with Crippen molar-refractivity contribution in [2.45, 2.75) is 46.1 Å². The van der Waals surface area contributed by atoms with Gasteiger partial charge in [0.05, 0.1) is 21.8 Å². The van der Waals surface area contributed by atoms with E-state index in [-0.39, 0.29) is 28.3 Å². The minimum atomic E-state index is -0.499. The highest BCUT2D eigenvalue weighted by Gasteiger charge is 2.30. The average Bonchev–Trinajstić information content (AvgIpc) is 3.03. The van der Waals surface area contributed by atoms with E-state index in [9.17, 15) is 13.2 Å². The van der Waals surface area contributed by atoms with Crippen LogP contribution in [0.2, 0.25) is 0 Å². The van der Waals surface area contributed by atoms with Crippen molar-refractivity contribution in [2.24, 2.45) is 0 Å². The van der Waals surface area contributed by atoms with Crippen molar-refractivity contribution < 1.29 is 13.2 Å². The first-order valence-electron chi connectivity index (χ1n) is 13.6. The normalized spacial score (nSPS) is 11.9. The van der Waals surface area contributed by atoms with Crippen molar-refractivity contribution in [1.29, 1.82) is 0 Å². The van der Waals surface area contributed by atoms with Gasteiger partial charge in [-0.1, -0.05) is 29.5 Å². The molecule has 6 aromatic rings. The van der Waals surface area contributed by atoms with Gasteiger partial charge in [0, 0.05) is 9.79 Å². The lowest BCUT2D eigenvalue weighted by Gasteiger charge is -2.10. The summed E-state index contributed by atoms with van der Waals surface area (Å²) in [4.78, 5) is 8.62. The lowest BCUT2D eigenvalue weighted by atomic mass is 10.2. The van der Waals surface area contributed by atoms with E-state index in [1.165, 1.54) is 46.9 Å². The van der Waals surface area contributed by atoms with Gasteiger partial charge in [-0.05, 0) is 140 Å². The fourth-order valence-corrected chi connectivity index (χ4v) is 9.53. The zero-order valence-corrected chi connectivity index (χ0v) is 25.7. The van der Waals surface area contributed by atoms with E-state index in [0.29, 0.717) is 0 Å². The molecule has 212 valence electrons. The van der Waals surface area contributed by atoms with Gasteiger partial charge < -0.3 is 0 Å². The first kappa shape index (κ1) is 29.2. The molecule has 6 heteroatoms. The van der Waals surface area contributed by atoms with Crippen LogP contribution in [0.5, 0.6) is 0 Å². The first-order valence-corrected chi connectivity index (χ1v) is 16.9. The fourth-order valence-electron chi connectivity index (χ4n) is 4.63. The summed E-state index contributed by atoms with van der Waals surface area (Å²) >= 11 is 1.68. The smallest absolute Gasteiger partial charge is 0.166 e. The molecule has 0 saturated carbocycles. The van der Waals surface area contributed by atoms with Gasteiger partial charge in [0.25, 0.3) is 0 Å². The Morgan fingerprint density at radius 3 is 0.860 bits per heavy atom. The highest BCUT2D eigenvalue weighted by molar-refractivity contribution is 7.99. The topological polar surface area (TPSA) is 0 Å². The highest BCUT2D eigenvalue weighted by atomic mass is 32.2. The average molecular weight is 625 g/mol. The van der Waals surface area contributed by atoms with Crippen molar-refractivity contribution in [3.05, 3.63) is 169 Å². The molecule has 6 rings (SSSR count). The summed E-state index contributed by atoms with van der Waals surface area (Å²) < 4.78 is 41.1. The molecular weight excluding hydrogens is 598 g/mol. The summed E-state index contributed by atoms with van der Waals surface area (Å²) in [6.07, 6.45) is 0. The minimum Gasteiger partial charge on any atom is -0.207 e. The van der Waals surface area contributed by atoms with Crippen LogP contribution in [0.25, 0.3) is 0 Å². The third-order valence-corrected chi connectivity index (χ3v) is 12.2. The quantitative estimate of drug-likeness (QED) is 0.152. The van der Waals surface area contributed by atoms with E-state index in [1.54, 1.807) is 36.0 Å². The van der Waals surface area contributed by atoms with E-state index < -0.39 is 10.9 Å². The third kappa shape index (κ3) is 7.04. The molecule has 0 heterocycles. The van der Waals surface area contributed by atoms with Crippen LogP contribution in [-0.2, 0) is 21.8 Å². The Labute approximate surface area is 260 Å². The Bertz CT molecular complexity index is 1560. The van der Waals surface area contributed by atoms with Crippen LogP contribution in [0, 0.1) is 24.4 Å². The van der Waals surface area contributed by atoms with Crippen LogP contribution in [0.3, 0.4) is 0 Å². The summed E-state index contributed by atoms with van der Waals surface area (Å²) in [5.74, 6) is -0.809. The first-order chi connectivity index (χ1) is 20.9. The Morgan fingerprint density at radius 2 is 0.581 bits per heavy atom. The molecule has 1 atom stereocenters. The van der Waals surface area contributed by atoms with Gasteiger partial charge in [0.15, 0.2) is 29.4 Å². The van der Waals surface area contributed by atoms with Crippen molar-refractivity contribution in [3.63, 3.8) is 0 Å². The van der Waals surface area contributed by atoms with Gasteiger partial charge >= 0.3 is 0 Å². The number of aryl methyl sites for hydroxylation is 1. The zero-order chi connectivity index (χ0) is 29.8. The molecular formula is C37H27F3S3+2. The summed E-state index contributed by atoms with van der Waals surface area (Å²) in [7, 11) is -0.855. The molecule has 0 amide bonds. The maximum Gasteiger partial charge on any atom is 0.166 e. The summed E-state index contributed by atoms with van der Waals surface area (Å²) in [6, 6.07) is 45.3. The van der Waals surface area contributed by atoms with Gasteiger partial charge in [-0.25, -0.2) is 13.2 Å². The second kappa shape index (κ2) is 13.2. The van der Waals surface area contributed by atoms with Crippen LogP contribution in [0.15, 0.2) is 185 Å². The number of halogens is 3. The number of hydrogen-bond donors (Lipinski definition) is 0. The van der Waals surface area contributed by atoms with Gasteiger partial charge in [0.1, 0.15) is 17.5 Å². The highest BCUT2D eigenvalue weighted by Crippen LogP contribution is 2.36. The van der Waals surface area contributed by atoms with E-state index in [1.807, 2.05) is 12.1 Å². The van der Waals surface area contributed by atoms with Crippen LogP contribution in [-0.4, -0.2) is 0 Å². The molecule has 0 aliphatic carbocycles. The summed E-state index contributed by atoms with van der Waals surface area (Å²) in [5.41, 5.74) is 1.20. The summed E-state index contributed by atoms with van der Waals surface area (Å²) in [5, 5.41) is 0. The molecule has 0 aromatic heterocycles. The van der Waals surface area contributed by atoms with Crippen LogP contribution >= 0.6 is 11.8 Å². The second-order valence-electron chi connectivity index (χ2n) is 9.83. The molecule has 0 N–H and O–H groups in total. The molecule has 0 fully saturated rings. The van der Waals surface area contributed by atoms with Crippen LogP contribution in [0.4, 0.5) is 13.2 Å². The van der Waals surface area contributed by atoms with E-state index in [4.69, 9.17) is 0 Å². The molecule has 43 heavy (non-hydrogen) atoms. The van der Waals surface area contributed by atoms with Gasteiger partial charge in [0.2, 0.25) is 0 Å². The largest absolute Gasteiger partial charge is 0.207 e. The lowest BCUT2D eigenvalue weighted by Crippen LogP contribution is -2.05. The van der Waals surface area contributed by atoms with E-state index in [2.05, 4.69) is 79.7 Å². The predicted molar refractivity (Wildman–Crippen MR) is 172 cm³/mol. The molecule has 0 spiro atoms. The molecule has 1 unspecified atom stereocenters. The molecule has 0 saturated heterocycles. The van der Waals surface area contributed by atoms with Crippen molar-refractivity contribution in [2.75, 3.05) is 0 Å².